The summed E-state index contributed by atoms with van der Waals surface area (Å²) in [5.41, 5.74) is 0.804. The Hall–Kier alpha value is -3.64. The lowest BCUT2D eigenvalue weighted by Crippen LogP contribution is -2.14. The number of thiophene rings is 1. The van der Waals surface area contributed by atoms with Crippen LogP contribution in [-0.4, -0.2) is 18.5 Å². The van der Waals surface area contributed by atoms with E-state index in [-0.39, 0.29) is 12.5 Å². The van der Waals surface area contributed by atoms with Gasteiger partial charge in [-0.2, -0.15) is 0 Å². The fraction of sp³-hybridized carbons (Fsp3) is 0.0833. The molecule has 0 spiro atoms. The van der Waals surface area contributed by atoms with E-state index >= 15 is 0 Å². The van der Waals surface area contributed by atoms with E-state index in [1.165, 1.54) is 11.3 Å². The molecule has 5 nitrogen and oxygen atoms in total. The number of amides is 1. The number of fused-ring (bicyclic) bond motifs is 1. The molecule has 0 saturated carbocycles. The van der Waals surface area contributed by atoms with Crippen LogP contribution < -0.4 is 10.1 Å². The zero-order chi connectivity index (χ0) is 20.9. The van der Waals surface area contributed by atoms with Gasteiger partial charge >= 0.3 is 5.97 Å². The van der Waals surface area contributed by atoms with Gasteiger partial charge < -0.3 is 14.8 Å². The fourth-order valence-electron chi connectivity index (χ4n) is 3.04. The molecule has 150 valence electrons. The van der Waals surface area contributed by atoms with Gasteiger partial charge in [-0.3, -0.25) is 4.79 Å². The van der Waals surface area contributed by atoms with E-state index in [1.54, 1.807) is 31.2 Å². The Morgan fingerprint density at radius 1 is 0.900 bits per heavy atom. The van der Waals surface area contributed by atoms with Crippen LogP contribution in [0.4, 0.5) is 5.00 Å². The molecule has 1 amide bonds. The number of anilines is 1. The van der Waals surface area contributed by atoms with E-state index in [0.717, 1.165) is 10.1 Å². The van der Waals surface area contributed by atoms with Crippen LogP contribution >= 0.6 is 11.3 Å². The van der Waals surface area contributed by atoms with Crippen LogP contribution in [0.1, 0.15) is 27.6 Å². The highest BCUT2D eigenvalue weighted by Gasteiger charge is 2.22. The Morgan fingerprint density at radius 3 is 2.43 bits per heavy atom. The van der Waals surface area contributed by atoms with E-state index in [9.17, 15) is 9.59 Å². The summed E-state index contributed by atoms with van der Waals surface area (Å²) in [6.07, 6.45) is 0. The number of carbonyl (C=O) groups is 2. The largest absolute Gasteiger partial charge is 0.462 e. The van der Waals surface area contributed by atoms with Gasteiger partial charge in [-0.15, -0.1) is 11.3 Å². The maximum absolute atomic E-state index is 12.9. The summed E-state index contributed by atoms with van der Waals surface area (Å²) in [6, 6.07) is 23.8. The molecule has 1 N–H and O–H groups in total. The van der Waals surface area contributed by atoms with Gasteiger partial charge in [-0.05, 0) is 43.3 Å². The molecule has 0 radical (unpaired) electrons. The maximum Gasteiger partial charge on any atom is 0.341 e. The smallest absolute Gasteiger partial charge is 0.341 e. The minimum atomic E-state index is -0.452. The second kappa shape index (κ2) is 8.80. The lowest BCUT2D eigenvalue weighted by molar-refractivity contribution is 0.0530. The summed E-state index contributed by atoms with van der Waals surface area (Å²) < 4.78 is 11.9. The monoisotopic (exact) mass is 417 g/mol. The Kier molecular flexibility index (Phi) is 5.77. The van der Waals surface area contributed by atoms with Gasteiger partial charge in [0.25, 0.3) is 5.91 Å². The predicted molar refractivity (Wildman–Crippen MR) is 119 cm³/mol. The second-order valence-electron chi connectivity index (χ2n) is 6.42. The number of rotatable bonds is 6. The molecule has 0 aliphatic rings. The highest BCUT2D eigenvalue weighted by Crippen LogP contribution is 2.36. The van der Waals surface area contributed by atoms with Gasteiger partial charge in [0.1, 0.15) is 22.1 Å². The second-order valence-corrected chi connectivity index (χ2v) is 7.47. The SMILES string of the molecule is CCOC(=O)c1c(NC(=O)c2cccc(Oc3ccccc3)c2)sc2ccccc12. The quantitative estimate of drug-likeness (QED) is 0.384. The molecule has 0 fully saturated rings. The Labute approximate surface area is 177 Å². The van der Waals surface area contributed by atoms with Crippen LogP contribution in [0.25, 0.3) is 10.1 Å². The number of ether oxygens (including phenoxy) is 2. The molecule has 3 aromatic carbocycles. The van der Waals surface area contributed by atoms with E-state index in [0.29, 0.717) is 27.6 Å². The molecule has 0 aliphatic heterocycles. The average Bonchev–Trinajstić information content (AvgIpc) is 3.12. The number of para-hydroxylation sites is 1. The van der Waals surface area contributed by atoms with Gasteiger partial charge in [0, 0.05) is 15.6 Å². The Bertz CT molecular complexity index is 1200. The summed E-state index contributed by atoms with van der Waals surface area (Å²) in [5, 5.41) is 4.10. The number of benzene rings is 3. The van der Waals surface area contributed by atoms with Gasteiger partial charge in [0.2, 0.25) is 0 Å². The van der Waals surface area contributed by atoms with Crippen molar-refractivity contribution < 1.29 is 19.1 Å². The summed E-state index contributed by atoms with van der Waals surface area (Å²) >= 11 is 1.34. The standard InChI is InChI=1S/C24H19NO4S/c1-2-28-24(27)21-19-13-6-7-14-20(19)30-23(21)25-22(26)16-9-8-12-18(15-16)29-17-10-4-3-5-11-17/h3-15H,2H2,1H3,(H,25,26). The lowest BCUT2D eigenvalue weighted by atomic mass is 10.1. The van der Waals surface area contributed by atoms with Crippen LogP contribution in [0.15, 0.2) is 78.9 Å². The van der Waals surface area contributed by atoms with Crippen molar-refractivity contribution in [1.29, 1.82) is 0 Å². The molecular formula is C24H19NO4S. The topological polar surface area (TPSA) is 64.6 Å². The predicted octanol–water partition coefficient (Wildman–Crippen LogP) is 6.12. The number of esters is 1. The highest BCUT2D eigenvalue weighted by atomic mass is 32.1. The Morgan fingerprint density at radius 2 is 1.63 bits per heavy atom. The summed E-state index contributed by atoms with van der Waals surface area (Å²) in [7, 11) is 0. The van der Waals surface area contributed by atoms with Crippen molar-refractivity contribution in [3.63, 3.8) is 0 Å². The van der Waals surface area contributed by atoms with Gasteiger partial charge in [-0.25, -0.2) is 4.79 Å². The Balaban J connectivity index is 1.61. The molecule has 0 bridgehead atoms. The summed E-state index contributed by atoms with van der Waals surface area (Å²) in [5.74, 6) is 0.456. The van der Waals surface area contributed by atoms with E-state index in [1.807, 2.05) is 54.6 Å². The maximum atomic E-state index is 12.9. The van der Waals surface area contributed by atoms with Crippen molar-refractivity contribution in [3.8, 4) is 11.5 Å². The molecule has 4 aromatic rings. The zero-order valence-electron chi connectivity index (χ0n) is 16.3. The zero-order valence-corrected chi connectivity index (χ0v) is 17.1. The van der Waals surface area contributed by atoms with Crippen LogP contribution in [0.2, 0.25) is 0 Å². The average molecular weight is 417 g/mol. The van der Waals surface area contributed by atoms with Crippen molar-refractivity contribution in [2.24, 2.45) is 0 Å². The molecule has 1 heterocycles. The van der Waals surface area contributed by atoms with Crippen molar-refractivity contribution in [3.05, 3.63) is 90.0 Å². The first kappa shape index (κ1) is 19.7. The number of hydrogen-bond donors (Lipinski definition) is 1. The molecule has 0 unspecified atom stereocenters. The van der Waals surface area contributed by atoms with Crippen LogP contribution in [-0.2, 0) is 4.74 Å². The van der Waals surface area contributed by atoms with Crippen molar-refractivity contribution in [2.45, 2.75) is 6.92 Å². The van der Waals surface area contributed by atoms with Gasteiger partial charge in [0.05, 0.1) is 6.61 Å². The number of carbonyl (C=O) groups excluding carboxylic acids is 2. The fourth-order valence-corrected chi connectivity index (χ4v) is 4.13. The van der Waals surface area contributed by atoms with Crippen molar-refractivity contribution in [2.75, 3.05) is 11.9 Å². The van der Waals surface area contributed by atoms with Gasteiger partial charge in [-0.1, -0.05) is 42.5 Å². The van der Waals surface area contributed by atoms with E-state index in [2.05, 4.69) is 5.32 Å². The minimum absolute atomic E-state index is 0.259. The third kappa shape index (κ3) is 4.18. The first-order valence-corrected chi connectivity index (χ1v) is 10.3. The van der Waals surface area contributed by atoms with Crippen molar-refractivity contribution in [1.82, 2.24) is 0 Å². The van der Waals surface area contributed by atoms with Gasteiger partial charge in [0.15, 0.2) is 0 Å². The third-order valence-electron chi connectivity index (χ3n) is 4.38. The number of hydrogen-bond acceptors (Lipinski definition) is 5. The third-order valence-corrected chi connectivity index (χ3v) is 5.46. The summed E-state index contributed by atoms with van der Waals surface area (Å²) in [4.78, 5) is 25.4. The molecule has 6 heteroatoms. The summed E-state index contributed by atoms with van der Waals surface area (Å²) in [6.45, 7) is 2.01. The van der Waals surface area contributed by atoms with Crippen molar-refractivity contribution >= 4 is 38.3 Å². The number of nitrogens with one attached hydrogen (secondary N) is 1. The molecule has 4 rings (SSSR count). The van der Waals surface area contributed by atoms with Crippen LogP contribution in [0.3, 0.4) is 0 Å². The molecule has 0 aliphatic carbocycles. The molecule has 1 aromatic heterocycles. The minimum Gasteiger partial charge on any atom is -0.462 e. The lowest BCUT2D eigenvalue weighted by Gasteiger charge is -2.09. The first-order valence-electron chi connectivity index (χ1n) is 9.48. The highest BCUT2D eigenvalue weighted by molar-refractivity contribution is 7.23. The molecule has 30 heavy (non-hydrogen) atoms. The molecular weight excluding hydrogens is 398 g/mol. The van der Waals surface area contributed by atoms with Crippen LogP contribution in [0, 0.1) is 0 Å². The molecule has 0 saturated heterocycles. The normalized spacial score (nSPS) is 10.6. The van der Waals surface area contributed by atoms with E-state index < -0.39 is 5.97 Å². The first-order chi connectivity index (χ1) is 14.7. The molecule has 0 atom stereocenters. The van der Waals surface area contributed by atoms with E-state index in [4.69, 9.17) is 9.47 Å². The van der Waals surface area contributed by atoms with Crippen LogP contribution in [0.5, 0.6) is 11.5 Å².